The van der Waals surface area contributed by atoms with Crippen molar-refractivity contribution in [1.82, 2.24) is 10.2 Å². The molecule has 132 valence electrons. The van der Waals surface area contributed by atoms with E-state index in [-0.39, 0.29) is 5.78 Å². The molecule has 3 aromatic carbocycles. The zero-order valence-electron chi connectivity index (χ0n) is 14.2. The summed E-state index contributed by atoms with van der Waals surface area (Å²) in [6, 6.07) is 28.9. The molecule has 0 radical (unpaired) electrons. The third kappa shape index (κ3) is 3.52. The molecule has 4 aromatic rings. The second-order valence-corrected chi connectivity index (χ2v) is 12.9. The molecule has 0 spiro atoms. The zero-order valence-corrected chi connectivity index (χ0v) is 17.7. The summed E-state index contributed by atoms with van der Waals surface area (Å²) < 4.78 is 0. The molecule has 0 unspecified atom stereocenters. The summed E-state index contributed by atoms with van der Waals surface area (Å²) in [6.07, 6.45) is 0. The van der Waals surface area contributed by atoms with Crippen LogP contribution in [0.2, 0.25) is 0 Å². The van der Waals surface area contributed by atoms with E-state index >= 15 is 0 Å². The Hall–Kier alpha value is -2.16. The first-order chi connectivity index (χ1) is 13.2. The Balaban J connectivity index is 1.80. The minimum atomic E-state index is -1.90. The molecule has 3 nitrogen and oxygen atoms in total. The fourth-order valence-corrected chi connectivity index (χ4v) is 8.40. The predicted molar refractivity (Wildman–Crippen MR) is 114 cm³/mol. The van der Waals surface area contributed by atoms with Crippen molar-refractivity contribution in [3.63, 3.8) is 0 Å². The summed E-state index contributed by atoms with van der Waals surface area (Å²) in [6.45, 7) is 0. The number of hydrogen-bond donors (Lipinski definition) is 0. The molecular weight excluding hydrogens is 438 g/mol. The van der Waals surface area contributed by atoms with E-state index in [1.165, 1.54) is 27.3 Å². The Morgan fingerprint density at radius 2 is 1.30 bits per heavy atom. The van der Waals surface area contributed by atoms with Crippen molar-refractivity contribution in [3.05, 3.63) is 101 Å². The van der Waals surface area contributed by atoms with Gasteiger partial charge in [-0.2, -0.15) is 0 Å². The summed E-state index contributed by atoms with van der Waals surface area (Å²) in [7, 11) is 0. The van der Waals surface area contributed by atoms with Gasteiger partial charge in [-0.05, 0) is 0 Å². The van der Waals surface area contributed by atoms with Gasteiger partial charge in [0.2, 0.25) is 0 Å². The molecule has 0 bridgehead atoms. The van der Waals surface area contributed by atoms with Crippen molar-refractivity contribution in [2.24, 2.45) is 0 Å². The van der Waals surface area contributed by atoms with Crippen LogP contribution in [0.15, 0.2) is 90.4 Å². The first-order valence-electron chi connectivity index (χ1n) is 8.32. The average molecular weight is 453 g/mol. The van der Waals surface area contributed by atoms with Crippen LogP contribution >= 0.6 is 16.8 Å². The van der Waals surface area contributed by atoms with Crippen LogP contribution in [0.4, 0.5) is 0 Å². The van der Waals surface area contributed by atoms with Gasteiger partial charge in [0.05, 0.1) is 0 Å². The molecule has 0 saturated heterocycles. The first kappa shape index (κ1) is 18.2. The molecule has 0 amide bonds. The van der Waals surface area contributed by atoms with E-state index < -0.39 is 5.51 Å². The summed E-state index contributed by atoms with van der Waals surface area (Å²) in [5, 5.41) is 11.8. The molecule has 0 atom stereocenters. The summed E-state index contributed by atoms with van der Waals surface area (Å²) in [4.78, 5) is 12.5. The van der Waals surface area contributed by atoms with Gasteiger partial charge >= 0.3 is 170 Å². The van der Waals surface area contributed by atoms with Crippen molar-refractivity contribution in [2.45, 2.75) is 0 Å². The van der Waals surface area contributed by atoms with Gasteiger partial charge in [-0.3, -0.25) is 0 Å². The van der Waals surface area contributed by atoms with E-state index in [1.54, 1.807) is 5.51 Å². The standard InChI is InChI=1S/C21H15N2OPSSe/c24-20(21-23-22-15-26-21)16-11-13-19(14-12-16)25(27,17-7-3-1-4-8-17)18-9-5-2-6-10-18/h1-15H. The maximum absolute atomic E-state index is 12.5. The molecular formula is C21H15N2OPSSe. The van der Waals surface area contributed by atoms with E-state index in [1.807, 2.05) is 24.3 Å². The average Bonchev–Trinajstić information content (AvgIpc) is 3.29. The van der Waals surface area contributed by atoms with Crippen LogP contribution < -0.4 is 15.9 Å². The Bertz CT molecular complexity index is 1050. The van der Waals surface area contributed by atoms with Gasteiger partial charge in [-0.15, -0.1) is 0 Å². The van der Waals surface area contributed by atoms with E-state index in [4.69, 9.17) is 0 Å². The van der Waals surface area contributed by atoms with E-state index in [9.17, 15) is 4.79 Å². The summed E-state index contributed by atoms with van der Waals surface area (Å²) >= 11 is 4.78. The van der Waals surface area contributed by atoms with Gasteiger partial charge in [-0.25, -0.2) is 0 Å². The number of nitrogens with zero attached hydrogens (tertiary/aromatic N) is 2. The van der Waals surface area contributed by atoms with E-state index in [2.05, 4.69) is 86.0 Å². The van der Waals surface area contributed by atoms with Crippen LogP contribution in [0.3, 0.4) is 0 Å². The fraction of sp³-hybridized carbons (Fsp3) is 0. The molecule has 0 fully saturated rings. The van der Waals surface area contributed by atoms with Crippen molar-refractivity contribution in [2.75, 3.05) is 0 Å². The molecule has 0 aliphatic heterocycles. The Morgan fingerprint density at radius 3 is 1.78 bits per heavy atom. The van der Waals surface area contributed by atoms with Gasteiger partial charge in [0.25, 0.3) is 0 Å². The molecule has 1 aromatic heterocycles. The van der Waals surface area contributed by atoms with Crippen molar-refractivity contribution >= 4 is 53.6 Å². The monoisotopic (exact) mass is 454 g/mol. The van der Waals surface area contributed by atoms with Crippen molar-refractivity contribution in [3.8, 4) is 0 Å². The molecule has 0 saturated carbocycles. The number of ketones is 1. The number of rotatable bonds is 5. The molecule has 0 N–H and O–H groups in total. The first-order valence-corrected chi connectivity index (χ1v) is 13.2. The maximum atomic E-state index is 12.5. The molecule has 6 heteroatoms. The number of carbonyl (C=O) groups excluding carboxylic acids is 1. The van der Waals surface area contributed by atoms with Crippen LogP contribution in [0, 0.1) is 0 Å². The third-order valence-electron chi connectivity index (χ3n) is 4.29. The Morgan fingerprint density at radius 1 is 0.778 bits per heavy atom. The Kier molecular flexibility index (Phi) is 5.29. The van der Waals surface area contributed by atoms with Crippen LogP contribution in [0.1, 0.15) is 15.4 Å². The quantitative estimate of drug-likeness (QED) is 0.265. The fourth-order valence-electron chi connectivity index (χ4n) is 2.94. The normalized spacial score (nSPS) is 11.3. The predicted octanol–water partition coefficient (Wildman–Crippen LogP) is 3.15. The van der Waals surface area contributed by atoms with Crippen molar-refractivity contribution < 1.29 is 4.79 Å². The number of aromatic nitrogens is 2. The topological polar surface area (TPSA) is 42.9 Å². The second-order valence-electron chi connectivity index (χ2n) is 5.90. The summed E-state index contributed by atoms with van der Waals surface area (Å²) in [5.41, 5.74) is 0.303. The molecule has 1 heterocycles. The minimum absolute atomic E-state index is 0.0903. The van der Waals surface area contributed by atoms with Gasteiger partial charge in [0.1, 0.15) is 0 Å². The van der Waals surface area contributed by atoms with Gasteiger partial charge in [0.15, 0.2) is 0 Å². The van der Waals surface area contributed by atoms with Gasteiger partial charge in [0, 0.05) is 0 Å². The molecule has 0 aliphatic carbocycles. The third-order valence-corrected chi connectivity index (χ3v) is 12.0. The van der Waals surface area contributed by atoms with Crippen LogP contribution in [-0.4, -0.2) is 31.1 Å². The molecule has 4 rings (SSSR count). The second kappa shape index (κ2) is 7.84. The number of carbonyl (C=O) groups is 1. The van der Waals surface area contributed by atoms with Crippen LogP contribution in [0.5, 0.6) is 0 Å². The van der Waals surface area contributed by atoms with Crippen molar-refractivity contribution in [1.29, 1.82) is 0 Å². The SMILES string of the molecule is O=C(c1ccc(P(=[Se])(c2ccccc2)c2ccccc2)cc1)c1nncs1. The molecule has 0 aliphatic rings. The van der Waals surface area contributed by atoms with Gasteiger partial charge in [-0.1, -0.05) is 0 Å². The Labute approximate surface area is 169 Å². The van der Waals surface area contributed by atoms with Crippen LogP contribution in [-0.2, 0) is 0 Å². The van der Waals surface area contributed by atoms with Gasteiger partial charge < -0.3 is 0 Å². The molecule has 27 heavy (non-hydrogen) atoms. The zero-order chi connectivity index (χ0) is 18.7. The number of hydrogen-bond acceptors (Lipinski definition) is 4. The number of benzene rings is 3. The van der Waals surface area contributed by atoms with Crippen LogP contribution in [0.25, 0.3) is 0 Å². The van der Waals surface area contributed by atoms with E-state index in [0.717, 1.165) is 0 Å². The van der Waals surface area contributed by atoms with E-state index in [0.29, 0.717) is 10.6 Å². The summed E-state index contributed by atoms with van der Waals surface area (Å²) in [5.74, 6) is -0.0903.